The summed E-state index contributed by atoms with van der Waals surface area (Å²) in [4.78, 5) is 0.265. The second-order valence-corrected chi connectivity index (χ2v) is 6.46. The lowest BCUT2D eigenvalue weighted by molar-refractivity contribution is 0.180. The van der Waals surface area contributed by atoms with Crippen LogP contribution in [0.5, 0.6) is 0 Å². The molecule has 0 radical (unpaired) electrons. The topological polar surface area (TPSA) is 55.4 Å². The van der Waals surface area contributed by atoms with Crippen LogP contribution in [0, 0.1) is 6.92 Å². The van der Waals surface area contributed by atoms with Gasteiger partial charge < -0.3 is 4.74 Å². The van der Waals surface area contributed by atoms with Crippen LogP contribution >= 0.6 is 15.9 Å². The van der Waals surface area contributed by atoms with Crippen molar-refractivity contribution < 1.29 is 13.2 Å². The second-order valence-electron chi connectivity index (χ2n) is 3.89. The molecule has 0 aliphatic heterocycles. The number of methoxy groups -OCH3 is 1. The van der Waals surface area contributed by atoms with E-state index in [9.17, 15) is 8.42 Å². The van der Waals surface area contributed by atoms with E-state index in [1.54, 1.807) is 25.1 Å². The highest BCUT2D eigenvalue weighted by molar-refractivity contribution is 9.10. The highest BCUT2D eigenvalue weighted by Gasteiger charge is 2.17. The Hall–Kier alpha value is -0.430. The van der Waals surface area contributed by atoms with Crippen molar-refractivity contribution in [1.29, 1.82) is 0 Å². The normalized spacial score (nSPS) is 13.6. The molecule has 4 nitrogen and oxygen atoms in total. The first-order chi connectivity index (χ1) is 7.86. The maximum absolute atomic E-state index is 12.0. The molecule has 0 saturated heterocycles. The van der Waals surface area contributed by atoms with Crippen LogP contribution in [-0.4, -0.2) is 28.2 Å². The standard InChI is InChI=1S/C11H16BrNO3S/c1-8-6-10(4-5-11(8)12)17(14,15)13-9(2)7-16-3/h4-6,9,13H,7H2,1-3H3/t9-/m1/s1. The van der Waals surface area contributed by atoms with Gasteiger partial charge in [-0.25, -0.2) is 13.1 Å². The zero-order valence-electron chi connectivity index (χ0n) is 10.0. The Morgan fingerprint density at radius 2 is 2.12 bits per heavy atom. The van der Waals surface area contributed by atoms with Gasteiger partial charge in [0, 0.05) is 17.6 Å². The summed E-state index contributed by atoms with van der Waals surface area (Å²) in [6.07, 6.45) is 0. The number of hydrogen-bond donors (Lipinski definition) is 1. The molecule has 17 heavy (non-hydrogen) atoms. The minimum absolute atomic E-state index is 0.256. The number of nitrogens with one attached hydrogen (secondary N) is 1. The largest absolute Gasteiger partial charge is 0.383 e. The molecule has 0 heterocycles. The molecule has 96 valence electrons. The van der Waals surface area contributed by atoms with Crippen LogP contribution in [0.1, 0.15) is 12.5 Å². The third-order valence-electron chi connectivity index (χ3n) is 2.21. The number of halogens is 1. The van der Waals surface area contributed by atoms with Gasteiger partial charge in [-0.15, -0.1) is 0 Å². The van der Waals surface area contributed by atoms with E-state index in [0.29, 0.717) is 6.61 Å². The first kappa shape index (κ1) is 14.6. The lowest BCUT2D eigenvalue weighted by atomic mass is 10.2. The van der Waals surface area contributed by atoms with Crippen LogP contribution in [0.3, 0.4) is 0 Å². The van der Waals surface area contributed by atoms with Crippen LogP contribution in [0.25, 0.3) is 0 Å². The van der Waals surface area contributed by atoms with Crippen molar-refractivity contribution in [2.24, 2.45) is 0 Å². The number of rotatable bonds is 5. The summed E-state index contributed by atoms with van der Waals surface area (Å²) in [6.45, 7) is 3.95. The zero-order valence-corrected chi connectivity index (χ0v) is 12.4. The van der Waals surface area contributed by atoms with Gasteiger partial charge in [0.1, 0.15) is 0 Å². The highest BCUT2D eigenvalue weighted by Crippen LogP contribution is 2.20. The number of sulfonamides is 1. The van der Waals surface area contributed by atoms with E-state index in [2.05, 4.69) is 20.7 Å². The van der Waals surface area contributed by atoms with Crippen LogP contribution < -0.4 is 4.72 Å². The van der Waals surface area contributed by atoms with Crippen molar-refractivity contribution in [3.05, 3.63) is 28.2 Å². The molecule has 0 amide bonds. The average molecular weight is 322 g/mol. The summed E-state index contributed by atoms with van der Waals surface area (Å²) in [5.41, 5.74) is 0.882. The molecular formula is C11H16BrNO3S. The Balaban J connectivity index is 2.93. The summed E-state index contributed by atoms with van der Waals surface area (Å²) < 4.78 is 32.3. The SMILES string of the molecule is COC[C@@H](C)NS(=O)(=O)c1ccc(Br)c(C)c1. The third-order valence-corrected chi connectivity index (χ3v) is 4.69. The fourth-order valence-corrected chi connectivity index (χ4v) is 2.96. The van der Waals surface area contributed by atoms with Crippen LogP contribution in [0.15, 0.2) is 27.6 Å². The molecule has 0 saturated carbocycles. The lowest BCUT2D eigenvalue weighted by Crippen LogP contribution is -2.35. The lowest BCUT2D eigenvalue weighted by Gasteiger charge is -2.13. The van der Waals surface area contributed by atoms with Gasteiger partial charge in [0.2, 0.25) is 10.0 Å². The number of ether oxygens (including phenoxy) is 1. The molecule has 1 N–H and O–H groups in total. The molecule has 0 spiro atoms. The molecule has 0 unspecified atom stereocenters. The Bertz CT molecular complexity index is 487. The molecule has 0 bridgehead atoms. The van der Waals surface area contributed by atoms with E-state index in [1.807, 2.05) is 6.92 Å². The third kappa shape index (κ3) is 4.06. The predicted octanol–water partition coefficient (Wildman–Crippen LogP) is 2.07. The van der Waals surface area contributed by atoms with Crippen LogP contribution in [0.2, 0.25) is 0 Å². The van der Waals surface area contributed by atoms with Crippen LogP contribution in [-0.2, 0) is 14.8 Å². The van der Waals surface area contributed by atoms with Crippen molar-refractivity contribution in [3.63, 3.8) is 0 Å². The molecule has 1 aromatic carbocycles. The van der Waals surface area contributed by atoms with Gasteiger partial charge in [-0.1, -0.05) is 15.9 Å². The molecule has 0 aromatic heterocycles. The quantitative estimate of drug-likeness (QED) is 0.903. The van der Waals surface area contributed by atoms with Crippen LogP contribution in [0.4, 0.5) is 0 Å². The van der Waals surface area contributed by atoms with Gasteiger partial charge in [-0.3, -0.25) is 0 Å². The van der Waals surface area contributed by atoms with Gasteiger partial charge in [0.15, 0.2) is 0 Å². The zero-order chi connectivity index (χ0) is 13.1. The molecule has 0 aliphatic rings. The fourth-order valence-electron chi connectivity index (χ4n) is 1.40. The molecule has 6 heteroatoms. The molecule has 0 fully saturated rings. The Morgan fingerprint density at radius 1 is 1.47 bits per heavy atom. The highest BCUT2D eigenvalue weighted by atomic mass is 79.9. The van der Waals surface area contributed by atoms with Crippen molar-refractivity contribution in [1.82, 2.24) is 4.72 Å². The molecular weight excluding hydrogens is 306 g/mol. The molecule has 1 atom stereocenters. The smallest absolute Gasteiger partial charge is 0.240 e. The van der Waals surface area contributed by atoms with Gasteiger partial charge in [-0.05, 0) is 37.6 Å². The van der Waals surface area contributed by atoms with E-state index in [1.165, 1.54) is 7.11 Å². The first-order valence-electron chi connectivity index (χ1n) is 5.14. The van der Waals surface area contributed by atoms with Gasteiger partial charge >= 0.3 is 0 Å². The summed E-state index contributed by atoms with van der Waals surface area (Å²) in [7, 11) is -1.94. The van der Waals surface area contributed by atoms with Gasteiger partial charge in [-0.2, -0.15) is 0 Å². The van der Waals surface area contributed by atoms with Crippen molar-refractivity contribution in [2.45, 2.75) is 24.8 Å². The van der Waals surface area contributed by atoms with E-state index in [4.69, 9.17) is 4.74 Å². The van der Waals surface area contributed by atoms with Crippen molar-refractivity contribution in [2.75, 3.05) is 13.7 Å². The molecule has 1 aromatic rings. The molecule has 1 rings (SSSR count). The summed E-state index contributed by atoms with van der Waals surface area (Å²) in [6, 6.07) is 4.67. The van der Waals surface area contributed by atoms with Crippen molar-refractivity contribution in [3.8, 4) is 0 Å². The maximum Gasteiger partial charge on any atom is 0.240 e. The minimum Gasteiger partial charge on any atom is -0.383 e. The average Bonchev–Trinajstić information content (AvgIpc) is 2.21. The summed E-state index contributed by atoms with van der Waals surface area (Å²) in [5.74, 6) is 0. The summed E-state index contributed by atoms with van der Waals surface area (Å²) >= 11 is 3.34. The van der Waals surface area contributed by atoms with Gasteiger partial charge in [0.25, 0.3) is 0 Å². The molecule has 0 aliphatic carbocycles. The maximum atomic E-state index is 12.0. The number of hydrogen-bond acceptors (Lipinski definition) is 3. The first-order valence-corrected chi connectivity index (χ1v) is 7.42. The second kappa shape index (κ2) is 5.95. The van der Waals surface area contributed by atoms with E-state index in [-0.39, 0.29) is 10.9 Å². The Morgan fingerprint density at radius 3 is 2.65 bits per heavy atom. The van der Waals surface area contributed by atoms with Gasteiger partial charge in [0.05, 0.1) is 11.5 Å². The Kier molecular flexibility index (Phi) is 5.12. The Labute approximate surface area is 111 Å². The summed E-state index contributed by atoms with van der Waals surface area (Å²) in [5, 5.41) is 0. The van der Waals surface area contributed by atoms with Crippen molar-refractivity contribution >= 4 is 26.0 Å². The predicted molar refractivity (Wildman–Crippen MR) is 70.5 cm³/mol. The number of aryl methyl sites for hydroxylation is 1. The fraction of sp³-hybridized carbons (Fsp3) is 0.455. The van der Waals surface area contributed by atoms with E-state index in [0.717, 1.165) is 10.0 Å². The van der Waals surface area contributed by atoms with E-state index < -0.39 is 10.0 Å². The minimum atomic E-state index is -3.47. The monoisotopic (exact) mass is 321 g/mol. The van der Waals surface area contributed by atoms with E-state index >= 15 is 0 Å². The number of benzene rings is 1.